The molecule has 174 valence electrons. The van der Waals surface area contributed by atoms with Crippen LogP contribution in [0.2, 0.25) is 0 Å². The van der Waals surface area contributed by atoms with Crippen molar-refractivity contribution in [2.24, 2.45) is 7.05 Å². The molecule has 0 aliphatic heterocycles. The van der Waals surface area contributed by atoms with Crippen LogP contribution in [0, 0.1) is 13.5 Å². The lowest BCUT2D eigenvalue weighted by atomic mass is 9.95. The summed E-state index contributed by atoms with van der Waals surface area (Å²) in [7, 11) is 1.80. The van der Waals surface area contributed by atoms with Crippen molar-refractivity contribution < 1.29 is 15.8 Å². The Bertz CT molecular complexity index is 1820. The molecular formula is C32H31N2O+. The number of nitrogens with zero attached hydrogens (tertiary/aromatic N) is 2. The fourth-order valence-corrected chi connectivity index (χ4v) is 4.70. The average Bonchev–Trinajstić information content (AvgIpc) is 3.26. The van der Waals surface area contributed by atoms with Crippen LogP contribution in [0.25, 0.3) is 49.2 Å². The summed E-state index contributed by atoms with van der Waals surface area (Å²) in [4.78, 5) is 3.80. The molecule has 2 heterocycles. The minimum atomic E-state index is -2.61. The zero-order valence-electron chi connectivity index (χ0n) is 25.7. The summed E-state index contributed by atoms with van der Waals surface area (Å²) >= 11 is 0. The smallest absolute Gasteiger partial charge is 0.216 e. The van der Waals surface area contributed by atoms with E-state index >= 15 is 0 Å². The summed E-state index contributed by atoms with van der Waals surface area (Å²) in [5, 5.41) is 1.74. The second kappa shape index (κ2) is 8.71. The van der Waals surface area contributed by atoms with Crippen LogP contribution in [0.15, 0.2) is 71.3 Å². The quantitative estimate of drug-likeness (QED) is 0.192. The van der Waals surface area contributed by atoms with Crippen molar-refractivity contribution in [3.8, 4) is 22.4 Å². The molecule has 35 heavy (non-hydrogen) atoms. The maximum absolute atomic E-state index is 8.66. The molecule has 3 nitrogen and oxygen atoms in total. The highest BCUT2D eigenvalue weighted by atomic mass is 16.3. The first-order chi connectivity index (χ1) is 18.8. The third kappa shape index (κ3) is 3.80. The highest BCUT2D eigenvalue weighted by Crippen LogP contribution is 2.44. The Balaban J connectivity index is 1.83. The molecule has 1 atom stereocenters. The highest BCUT2D eigenvalue weighted by Gasteiger charge is 2.23. The molecule has 0 amide bonds. The number of rotatable bonds is 4. The normalized spacial score (nSPS) is 15.7. The topological polar surface area (TPSA) is 21.4 Å². The van der Waals surface area contributed by atoms with Crippen LogP contribution in [-0.4, -0.2) is 0 Å². The Hall–Kier alpha value is -3.90. The molecule has 0 saturated carbocycles. The number of aromatic nitrogens is 1. The number of hydrogen-bond donors (Lipinski definition) is 0. The minimum absolute atomic E-state index is 0.0110. The summed E-state index contributed by atoms with van der Waals surface area (Å²) in [5.41, 5.74) is 6.97. The van der Waals surface area contributed by atoms with Crippen molar-refractivity contribution in [2.45, 2.75) is 46.4 Å². The molecule has 0 saturated heterocycles. The van der Waals surface area contributed by atoms with Crippen molar-refractivity contribution in [3.63, 3.8) is 0 Å². The summed E-state index contributed by atoms with van der Waals surface area (Å²) in [6.07, 6.45) is 1.54. The molecule has 0 fully saturated rings. The monoisotopic (exact) mass is 464 g/mol. The molecule has 1 unspecified atom stereocenters. The fraction of sp³-hybridized carbons (Fsp3) is 0.250. The van der Waals surface area contributed by atoms with Gasteiger partial charge in [-0.3, -0.25) is 0 Å². The van der Waals surface area contributed by atoms with Crippen molar-refractivity contribution in [1.82, 2.24) is 0 Å². The molecule has 0 spiro atoms. The van der Waals surface area contributed by atoms with Crippen LogP contribution in [-0.2, 0) is 7.05 Å². The molecule has 2 aromatic heterocycles. The number of pyridine rings is 1. The van der Waals surface area contributed by atoms with E-state index in [2.05, 4.69) is 30.8 Å². The maximum Gasteiger partial charge on any atom is 0.216 e. The van der Waals surface area contributed by atoms with Crippen LogP contribution in [0.4, 0.5) is 5.69 Å². The lowest BCUT2D eigenvalue weighted by Gasteiger charge is -2.09. The van der Waals surface area contributed by atoms with Crippen LogP contribution in [0.3, 0.4) is 0 Å². The second-order valence-corrected chi connectivity index (χ2v) is 9.41. The third-order valence-electron chi connectivity index (χ3n) is 6.72. The van der Waals surface area contributed by atoms with Gasteiger partial charge in [0.05, 0.1) is 13.5 Å². The van der Waals surface area contributed by atoms with Gasteiger partial charge in [-0.15, -0.1) is 0 Å². The lowest BCUT2D eigenvalue weighted by molar-refractivity contribution is -0.660. The molecule has 0 aliphatic rings. The van der Waals surface area contributed by atoms with Crippen molar-refractivity contribution in [3.05, 3.63) is 94.9 Å². The van der Waals surface area contributed by atoms with Crippen LogP contribution < -0.4 is 4.57 Å². The molecule has 5 aromatic rings. The molecule has 0 aliphatic carbocycles. The standard InChI is InChI=1S/C32H31N2O/c1-19(2)22-9-11-23(12-10-22)30-27(33-6)15-14-26-25-13-8-21(5)29(31(25)35-32(26)30)28-18-24(20(3)4)16-17-34(28)7/h8-20H,1-5,7H3/q+1/i3D3,16D,20D. The van der Waals surface area contributed by atoms with Crippen molar-refractivity contribution in [2.75, 3.05) is 0 Å². The summed E-state index contributed by atoms with van der Waals surface area (Å²) in [6.45, 7) is 12.8. The Labute approximate surface area is 214 Å². The third-order valence-corrected chi connectivity index (χ3v) is 6.72. The first kappa shape index (κ1) is 17.5. The molecule has 0 bridgehead atoms. The Morgan fingerprint density at radius 2 is 1.66 bits per heavy atom. The molecule has 0 radical (unpaired) electrons. The van der Waals surface area contributed by atoms with Gasteiger partial charge in [0.25, 0.3) is 0 Å². The minimum Gasteiger partial charge on any atom is -0.456 e. The van der Waals surface area contributed by atoms with Crippen LogP contribution in [0.5, 0.6) is 0 Å². The van der Waals surface area contributed by atoms with Gasteiger partial charge >= 0.3 is 0 Å². The van der Waals surface area contributed by atoms with E-state index in [0.29, 0.717) is 28.5 Å². The number of aryl methyl sites for hydroxylation is 2. The van der Waals surface area contributed by atoms with Crippen molar-refractivity contribution >= 4 is 27.6 Å². The van der Waals surface area contributed by atoms with Gasteiger partial charge in [-0.25, -0.2) is 9.41 Å². The van der Waals surface area contributed by atoms with E-state index in [1.165, 1.54) is 12.5 Å². The van der Waals surface area contributed by atoms with Gasteiger partial charge in [0.15, 0.2) is 11.9 Å². The largest absolute Gasteiger partial charge is 0.456 e. The number of fused-ring (bicyclic) bond motifs is 3. The van der Waals surface area contributed by atoms with E-state index in [9.17, 15) is 0 Å². The molecule has 3 heteroatoms. The maximum atomic E-state index is 8.66. The summed E-state index contributed by atoms with van der Waals surface area (Å²) in [6, 6.07) is 17.6. The van der Waals surface area contributed by atoms with E-state index < -0.39 is 12.7 Å². The van der Waals surface area contributed by atoms with Crippen LogP contribution >= 0.6 is 0 Å². The van der Waals surface area contributed by atoms with Gasteiger partial charge < -0.3 is 4.42 Å². The highest BCUT2D eigenvalue weighted by molar-refractivity contribution is 6.15. The Morgan fingerprint density at radius 1 is 0.971 bits per heavy atom. The first-order valence-corrected chi connectivity index (χ1v) is 11.7. The van der Waals surface area contributed by atoms with E-state index in [-0.39, 0.29) is 11.6 Å². The number of benzene rings is 3. The molecular weight excluding hydrogens is 428 g/mol. The Morgan fingerprint density at radius 3 is 2.31 bits per heavy atom. The van der Waals surface area contributed by atoms with Gasteiger partial charge in [-0.05, 0) is 41.0 Å². The van der Waals surface area contributed by atoms with Gasteiger partial charge in [0, 0.05) is 33.9 Å². The molecule has 0 N–H and O–H groups in total. The first-order valence-electron chi connectivity index (χ1n) is 14.2. The number of furan rings is 1. The van der Waals surface area contributed by atoms with Gasteiger partial charge in [-0.1, -0.05) is 76.2 Å². The van der Waals surface area contributed by atoms with Crippen molar-refractivity contribution in [1.29, 1.82) is 0 Å². The zero-order chi connectivity index (χ0) is 29.1. The van der Waals surface area contributed by atoms with Gasteiger partial charge in [-0.2, -0.15) is 0 Å². The van der Waals surface area contributed by atoms with E-state index in [1.54, 1.807) is 23.9 Å². The number of hydrogen-bond acceptors (Lipinski definition) is 1. The summed E-state index contributed by atoms with van der Waals surface area (Å²) in [5.74, 6) is -1.58. The zero-order valence-corrected chi connectivity index (χ0v) is 20.7. The van der Waals surface area contributed by atoms with Gasteiger partial charge in [0.2, 0.25) is 5.69 Å². The average molecular weight is 465 g/mol. The SMILES string of the molecule is [2H]c1c[n+](C)c(-c2c(C)ccc3c2oc2c(-c4ccc(C(C)C)cc4)c([N+]#[C-])ccc23)cc1C([2H])(C)C([2H])([2H])[2H]. The van der Waals surface area contributed by atoms with E-state index in [4.69, 9.17) is 17.8 Å². The fourth-order valence-electron chi connectivity index (χ4n) is 4.70. The summed E-state index contributed by atoms with van der Waals surface area (Å²) < 4.78 is 49.4. The Kier molecular flexibility index (Phi) is 4.36. The lowest BCUT2D eigenvalue weighted by Crippen LogP contribution is -2.31. The molecule has 3 aromatic carbocycles. The molecule has 5 rings (SSSR count). The van der Waals surface area contributed by atoms with Gasteiger partial charge in [0.1, 0.15) is 18.2 Å². The predicted octanol–water partition coefficient (Wildman–Crippen LogP) is 8.85. The van der Waals surface area contributed by atoms with E-state index in [1.807, 2.05) is 43.3 Å². The van der Waals surface area contributed by atoms with E-state index in [0.717, 1.165) is 33.0 Å². The van der Waals surface area contributed by atoms with Crippen LogP contribution in [0.1, 0.15) is 63.0 Å². The second-order valence-electron chi connectivity index (χ2n) is 9.41. The predicted molar refractivity (Wildman–Crippen MR) is 145 cm³/mol.